The minimum Gasteiger partial charge on any atom is -0.0984 e. The molecule has 0 atom stereocenters. The second kappa shape index (κ2) is 5.14. The van der Waals surface area contributed by atoms with Crippen LogP contribution in [0.2, 0.25) is 0 Å². The molecule has 0 bridgehead atoms. The normalized spacial score (nSPS) is 27.3. The van der Waals surface area contributed by atoms with Crippen LogP contribution < -0.4 is 0 Å². The standard InChI is InChI=1S/C18H24/c1-5-11-17-15(7-3)14(6-2)16(8-4)18(17)12-9-10-13-18/h5-8,11H,3,9-10,12-13H2,1-2,4H3/b11-5-,14-6-,16-8+. The zero-order valence-electron chi connectivity index (χ0n) is 11.9. The fourth-order valence-corrected chi connectivity index (χ4v) is 3.85. The average molecular weight is 240 g/mol. The fourth-order valence-electron chi connectivity index (χ4n) is 3.85. The number of hydrogen-bond acceptors (Lipinski definition) is 0. The monoisotopic (exact) mass is 240 g/mol. The van der Waals surface area contributed by atoms with Crippen LogP contribution in [0, 0.1) is 5.41 Å². The lowest BCUT2D eigenvalue weighted by Gasteiger charge is -2.28. The summed E-state index contributed by atoms with van der Waals surface area (Å²) in [6.07, 6.45) is 16.4. The summed E-state index contributed by atoms with van der Waals surface area (Å²) in [5, 5.41) is 0. The molecule has 1 fully saturated rings. The van der Waals surface area contributed by atoms with E-state index >= 15 is 0 Å². The molecule has 2 rings (SSSR count). The lowest BCUT2D eigenvalue weighted by atomic mass is 9.75. The van der Waals surface area contributed by atoms with Crippen molar-refractivity contribution in [2.75, 3.05) is 0 Å². The molecule has 0 aromatic heterocycles. The van der Waals surface area contributed by atoms with Gasteiger partial charge in [-0.1, -0.05) is 49.8 Å². The molecule has 18 heavy (non-hydrogen) atoms. The minimum absolute atomic E-state index is 0.284. The quantitative estimate of drug-likeness (QED) is 0.597. The van der Waals surface area contributed by atoms with Crippen LogP contribution in [0.4, 0.5) is 0 Å². The zero-order chi connectivity index (χ0) is 13.2. The van der Waals surface area contributed by atoms with Gasteiger partial charge in [-0.15, -0.1) is 0 Å². The summed E-state index contributed by atoms with van der Waals surface area (Å²) in [5.74, 6) is 0. The molecule has 2 aliphatic carbocycles. The Kier molecular flexibility index (Phi) is 3.75. The topological polar surface area (TPSA) is 0 Å². The van der Waals surface area contributed by atoms with Crippen molar-refractivity contribution in [2.45, 2.75) is 46.5 Å². The van der Waals surface area contributed by atoms with E-state index in [2.05, 4.69) is 51.7 Å². The van der Waals surface area contributed by atoms with E-state index < -0.39 is 0 Å². The van der Waals surface area contributed by atoms with Gasteiger partial charge in [-0.3, -0.25) is 0 Å². The lowest BCUT2D eigenvalue weighted by Crippen LogP contribution is -2.17. The Hall–Kier alpha value is -1.30. The highest BCUT2D eigenvalue weighted by atomic mass is 14.5. The summed E-state index contributed by atoms with van der Waals surface area (Å²) in [5.41, 5.74) is 6.07. The zero-order valence-corrected chi connectivity index (χ0v) is 11.9. The molecule has 96 valence electrons. The van der Waals surface area contributed by atoms with Crippen LogP contribution in [0.1, 0.15) is 46.5 Å². The van der Waals surface area contributed by atoms with Gasteiger partial charge in [0.05, 0.1) is 0 Å². The smallest absolute Gasteiger partial charge is 0.0211 e. The van der Waals surface area contributed by atoms with E-state index in [1.54, 1.807) is 0 Å². The second-order valence-electron chi connectivity index (χ2n) is 5.23. The first-order chi connectivity index (χ1) is 8.75. The van der Waals surface area contributed by atoms with Crippen LogP contribution in [0.15, 0.2) is 59.3 Å². The molecule has 0 saturated heterocycles. The van der Waals surface area contributed by atoms with Gasteiger partial charge in [0, 0.05) is 5.41 Å². The van der Waals surface area contributed by atoms with Gasteiger partial charge in [-0.2, -0.15) is 0 Å². The van der Waals surface area contributed by atoms with Gasteiger partial charge in [0.25, 0.3) is 0 Å². The summed E-state index contributed by atoms with van der Waals surface area (Å²) in [6.45, 7) is 10.5. The third-order valence-corrected chi connectivity index (χ3v) is 4.47. The molecule has 0 aliphatic heterocycles. The maximum Gasteiger partial charge on any atom is 0.0211 e. The van der Waals surface area contributed by atoms with Gasteiger partial charge in [0.1, 0.15) is 0 Å². The largest absolute Gasteiger partial charge is 0.0984 e. The van der Waals surface area contributed by atoms with Crippen LogP contribution in [0.5, 0.6) is 0 Å². The molecule has 0 radical (unpaired) electrons. The summed E-state index contributed by atoms with van der Waals surface area (Å²) >= 11 is 0. The van der Waals surface area contributed by atoms with Crippen molar-refractivity contribution >= 4 is 0 Å². The highest BCUT2D eigenvalue weighted by Gasteiger charge is 2.46. The summed E-state index contributed by atoms with van der Waals surface area (Å²) in [6, 6.07) is 0. The van der Waals surface area contributed by atoms with E-state index in [1.165, 1.54) is 48.0 Å². The van der Waals surface area contributed by atoms with Crippen molar-refractivity contribution in [1.82, 2.24) is 0 Å². The van der Waals surface area contributed by atoms with Crippen LogP contribution in [0.25, 0.3) is 0 Å². The molecule has 0 heterocycles. The first-order valence-electron chi connectivity index (χ1n) is 7.09. The van der Waals surface area contributed by atoms with Crippen molar-refractivity contribution < 1.29 is 0 Å². The molecule has 0 amide bonds. The van der Waals surface area contributed by atoms with E-state index in [-0.39, 0.29) is 5.41 Å². The van der Waals surface area contributed by atoms with Crippen LogP contribution >= 0.6 is 0 Å². The molecule has 0 aromatic carbocycles. The van der Waals surface area contributed by atoms with Crippen LogP contribution in [-0.2, 0) is 0 Å². The number of allylic oxidation sites excluding steroid dienone is 9. The Morgan fingerprint density at radius 2 is 1.72 bits per heavy atom. The Morgan fingerprint density at radius 3 is 2.17 bits per heavy atom. The van der Waals surface area contributed by atoms with Crippen LogP contribution in [0.3, 0.4) is 0 Å². The van der Waals surface area contributed by atoms with Gasteiger partial charge in [-0.25, -0.2) is 0 Å². The van der Waals surface area contributed by atoms with Crippen molar-refractivity contribution in [2.24, 2.45) is 5.41 Å². The number of hydrogen-bond donors (Lipinski definition) is 0. The van der Waals surface area contributed by atoms with E-state index in [0.717, 1.165) is 0 Å². The third-order valence-electron chi connectivity index (χ3n) is 4.47. The van der Waals surface area contributed by atoms with E-state index in [4.69, 9.17) is 0 Å². The van der Waals surface area contributed by atoms with Crippen molar-refractivity contribution in [3.8, 4) is 0 Å². The molecule has 1 spiro atoms. The molecule has 0 nitrogen and oxygen atoms in total. The molecule has 2 aliphatic rings. The highest BCUT2D eigenvalue weighted by molar-refractivity contribution is 5.68. The van der Waals surface area contributed by atoms with Gasteiger partial charge in [0.15, 0.2) is 0 Å². The summed E-state index contributed by atoms with van der Waals surface area (Å²) < 4.78 is 0. The van der Waals surface area contributed by atoms with Gasteiger partial charge in [0.2, 0.25) is 0 Å². The number of rotatable bonds is 2. The summed E-state index contributed by atoms with van der Waals surface area (Å²) in [7, 11) is 0. The van der Waals surface area contributed by atoms with Gasteiger partial charge < -0.3 is 0 Å². The first kappa shape index (κ1) is 13.1. The van der Waals surface area contributed by atoms with E-state index in [1.807, 2.05) is 6.08 Å². The summed E-state index contributed by atoms with van der Waals surface area (Å²) in [4.78, 5) is 0. The molecule has 0 heteroatoms. The Bertz CT molecular complexity index is 460. The molecular formula is C18H24. The first-order valence-corrected chi connectivity index (χ1v) is 7.09. The molecular weight excluding hydrogens is 216 g/mol. The maximum atomic E-state index is 4.04. The van der Waals surface area contributed by atoms with Crippen molar-refractivity contribution in [3.05, 3.63) is 59.3 Å². The Balaban J connectivity index is 2.69. The lowest BCUT2D eigenvalue weighted by molar-refractivity contribution is 0.476. The molecule has 0 unspecified atom stereocenters. The third kappa shape index (κ3) is 1.67. The average Bonchev–Trinajstić information content (AvgIpc) is 2.95. The predicted molar refractivity (Wildman–Crippen MR) is 80.5 cm³/mol. The fraction of sp³-hybridized carbons (Fsp3) is 0.444. The van der Waals surface area contributed by atoms with Crippen molar-refractivity contribution in [1.29, 1.82) is 0 Å². The molecule has 0 N–H and O–H groups in total. The second-order valence-corrected chi connectivity index (χ2v) is 5.23. The van der Waals surface area contributed by atoms with E-state index in [9.17, 15) is 0 Å². The maximum absolute atomic E-state index is 4.04. The van der Waals surface area contributed by atoms with Crippen molar-refractivity contribution in [3.63, 3.8) is 0 Å². The van der Waals surface area contributed by atoms with Crippen LogP contribution in [-0.4, -0.2) is 0 Å². The molecule has 0 aromatic rings. The molecule has 1 saturated carbocycles. The SMILES string of the molecule is C=CC1=C(/C=C\C)C2(CCCC2)C(=C/C)/C1=C\C. The van der Waals surface area contributed by atoms with Gasteiger partial charge in [-0.05, 0) is 55.9 Å². The Morgan fingerprint density at radius 1 is 1.06 bits per heavy atom. The predicted octanol–water partition coefficient (Wildman–Crippen LogP) is 5.51. The minimum atomic E-state index is 0.284. The van der Waals surface area contributed by atoms with E-state index in [0.29, 0.717) is 0 Å². The highest BCUT2D eigenvalue weighted by Crippen LogP contribution is 2.59. The van der Waals surface area contributed by atoms with Gasteiger partial charge >= 0.3 is 0 Å². The Labute approximate surface area is 111 Å².